The van der Waals surface area contributed by atoms with Gasteiger partial charge in [-0.3, -0.25) is 9.59 Å². The van der Waals surface area contributed by atoms with Crippen molar-refractivity contribution in [2.45, 2.75) is 0 Å². The van der Waals surface area contributed by atoms with Crippen LogP contribution in [0.2, 0.25) is 0 Å². The van der Waals surface area contributed by atoms with Crippen LogP contribution in [-0.4, -0.2) is 18.7 Å². The van der Waals surface area contributed by atoms with E-state index in [1.807, 2.05) is 91.0 Å². The molecule has 6 rings (SSSR count). The average molecular weight is 509 g/mol. The van der Waals surface area contributed by atoms with Gasteiger partial charge in [-0.2, -0.15) is 0 Å². The highest BCUT2D eigenvalue weighted by Gasteiger charge is 2.20. The molecule has 0 aliphatic rings. The number of methoxy groups -OCH3 is 1. The normalized spacial score (nSPS) is 10.9. The molecular formula is C35H24O4. The van der Waals surface area contributed by atoms with Gasteiger partial charge in [0.1, 0.15) is 17.2 Å². The summed E-state index contributed by atoms with van der Waals surface area (Å²) >= 11 is 0. The molecule has 0 spiro atoms. The molecule has 6 aromatic rings. The molecule has 0 unspecified atom stereocenters. The molecule has 0 N–H and O–H groups in total. The molecule has 0 bridgehead atoms. The van der Waals surface area contributed by atoms with Gasteiger partial charge in [-0.05, 0) is 47.2 Å². The van der Waals surface area contributed by atoms with E-state index in [0.29, 0.717) is 39.5 Å². The summed E-state index contributed by atoms with van der Waals surface area (Å²) in [6.45, 7) is 0. The minimum Gasteiger partial charge on any atom is -0.497 e. The highest BCUT2D eigenvalue weighted by molar-refractivity contribution is 6.14. The summed E-state index contributed by atoms with van der Waals surface area (Å²) < 4.78 is 12.1. The molecule has 0 aromatic heterocycles. The molecule has 39 heavy (non-hydrogen) atoms. The first-order chi connectivity index (χ1) is 19.1. The predicted molar refractivity (Wildman–Crippen MR) is 154 cm³/mol. The van der Waals surface area contributed by atoms with Gasteiger partial charge in [0.25, 0.3) is 0 Å². The zero-order chi connectivity index (χ0) is 26.8. The van der Waals surface area contributed by atoms with E-state index >= 15 is 0 Å². The second kappa shape index (κ2) is 10.3. The number of ether oxygens (including phenoxy) is 2. The number of benzene rings is 6. The number of hydrogen-bond acceptors (Lipinski definition) is 4. The van der Waals surface area contributed by atoms with E-state index in [0.717, 1.165) is 21.5 Å². The molecule has 0 aliphatic heterocycles. The summed E-state index contributed by atoms with van der Waals surface area (Å²) in [7, 11) is 1.61. The van der Waals surface area contributed by atoms with Crippen LogP contribution in [-0.2, 0) is 0 Å². The zero-order valence-electron chi connectivity index (χ0n) is 21.3. The zero-order valence-corrected chi connectivity index (χ0v) is 21.3. The average Bonchev–Trinajstić information content (AvgIpc) is 3.01. The summed E-state index contributed by atoms with van der Waals surface area (Å²) in [5.74, 6) is 1.33. The molecule has 4 nitrogen and oxygen atoms in total. The Balaban J connectivity index is 1.56. The quantitative estimate of drug-likeness (QED) is 0.204. The van der Waals surface area contributed by atoms with E-state index in [1.165, 1.54) is 0 Å². The number of ketones is 2. The van der Waals surface area contributed by atoms with Crippen LogP contribution in [0.5, 0.6) is 17.2 Å². The summed E-state index contributed by atoms with van der Waals surface area (Å²) in [5, 5.41) is 3.34. The Morgan fingerprint density at radius 1 is 0.538 bits per heavy atom. The Bertz CT molecular complexity index is 1840. The Labute approximate surface area is 226 Å². The van der Waals surface area contributed by atoms with Crippen molar-refractivity contribution < 1.29 is 19.1 Å². The molecule has 0 atom stereocenters. The molecule has 0 amide bonds. The SMILES string of the molecule is COc1ccc2c(Oc3c(C(=O)c4ccccc4)ccc4ccccc34)cc(C(=O)c3ccccc3)cc2c1. The van der Waals surface area contributed by atoms with Crippen LogP contribution in [0.4, 0.5) is 0 Å². The van der Waals surface area contributed by atoms with Crippen LogP contribution >= 0.6 is 0 Å². The first kappa shape index (κ1) is 24.1. The third kappa shape index (κ3) is 4.64. The van der Waals surface area contributed by atoms with Crippen molar-refractivity contribution in [3.05, 3.63) is 150 Å². The van der Waals surface area contributed by atoms with Gasteiger partial charge in [0.15, 0.2) is 11.6 Å². The van der Waals surface area contributed by atoms with Crippen LogP contribution in [0.3, 0.4) is 0 Å². The predicted octanol–water partition coefficient (Wildman–Crippen LogP) is 8.26. The molecule has 0 fully saturated rings. The molecular weight excluding hydrogens is 484 g/mol. The van der Waals surface area contributed by atoms with E-state index in [1.54, 1.807) is 43.5 Å². The van der Waals surface area contributed by atoms with Crippen molar-refractivity contribution in [2.24, 2.45) is 0 Å². The smallest absolute Gasteiger partial charge is 0.196 e. The number of rotatable bonds is 7. The van der Waals surface area contributed by atoms with Gasteiger partial charge in [0.2, 0.25) is 0 Å². The maximum absolute atomic E-state index is 13.7. The standard InChI is InChI=1S/C35H24O4/c1-38-28-17-19-29-26(21-28)20-27(33(36)24-11-4-2-5-12-24)22-32(29)39-35-30-15-9-8-10-23(30)16-18-31(35)34(37)25-13-6-3-7-14-25/h2-22H,1H3. The van der Waals surface area contributed by atoms with Gasteiger partial charge in [-0.15, -0.1) is 0 Å². The van der Waals surface area contributed by atoms with Gasteiger partial charge in [0, 0.05) is 27.5 Å². The number of hydrogen-bond donors (Lipinski definition) is 0. The lowest BCUT2D eigenvalue weighted by Gasteiger charge is -2.17. The maximum atomic E-state index is 13.7. The molecule has 0 heterocycles. The second-order valence-corrected chi connectivity index (χ2v) is 9.22. The highest BCUT2D eigenvalue weighted by atomic mass is 16.5. The van der Waals surface area contributed by atoms with Gasteiger partial charge in [0.05, 0.1) is 12.7 Å². The Kier molecular flexibility index (Phi) is 6.36. The maximum Gasteiger partial charge on any atom is 0.196 e. The van der Waals surface area contributed by atoms with Gasteiger partial charge < -0.3 is 9.47 Å². The molecule has 0 radical (unpaired) electrons. The van der Waals surface area contributed by atoms with E-state index in [2.05, 4.69) is 0 Å². The monoisotopic (exact) mass is 508 g/mol. The van der Waals surface area contributed by atoms with Crippen molar-refractivity contribution in [1.29, 1.82) is 0 Å². The number of carbonyl (C=O) groups is 2. The molecule has 0 saturated carbocycles. The van der Waals surface area contributed by atoms with Crippen LogP contribution < -0.4 is 9.47 Å². The molecule has 0 aliphatic carbocycles. The minimum absolute atomic E-state index is 0.122. The summed E-state index contributed by atoms with van der Waals surface area (Å²) in [6.07, 6.45) is 0. The fourth-order valence-corrected chi connectivity index (χ4v) is 4.80. The van der Waals surface area contributed by atoms with Gasteiger partial charge >= 0.3 is 0 Å². The third-order valence-corrected chi connectivity index (χ3v) is 6.79. The van der Waals surface area contributed by atoms with Crippen LogP contribution in [0.1, 0.15) is 31.8 Å². The first-order valence-corrected chi connectivity index (χ1v) is 12.6. The summed E-state index contributed by atoms with van der Waals surface area (Å²) in [4.78, 5) is 27.1. The summed E-state index contributed by atoms with van der Waals surface area (Å²) in [6, 6.07) is 39.1. The van der Waals surface area contributed by atoms with E-state index in [4.69, 9.17) is 9.47 Å². The molecule has 0 saturated heterocycles. The fraction of sp³-hybridized carbons (Fsp3) is 0.0286. The third-order valence-electron chi connectivity index (χ3n) is 6.79. The highest BCUT2D eigenvalue weighted by Crippen LogP contribution is 2.39. The Hall–Kier alpha value is -5.22. The van der Waals surface area contributed by atoms with Crippen LogP contribution in [0.25, 0.3) is 21.5 Å². The van der Waals surface area contributed by atoms with E-state index in [9.17, 15) is 9.59 Å². The fourth-order valence-electron chi connectivity index (χ4n) is 4.80. The lowest BCUT2D eigenvalue weighted by atomic mass is 9.97. The van der Waals surface area contributed by atoms with Crippen LogP contribution in [0, 0.1) is 0 Å². The van der Waals surface area contributed by atoms with Crippen molar-refractivity contribution in [3.63, 3.8) is 0 Å². The molecule has 6 aromatic carbocycles. The van der Waals surface area contributed by atoms with Crippen molar-refractivity contribution in [2.75, 3.05) is 7.11 Å². The van der Waals surface area contributed by atoms with E-state index < -0.39 is 0 Å². The topological polar surface area (TPSA) is 52.6 Å². The number of fused-ring (bicyclic) bond motifs is 2. The van der Waals surface area contributed by atoms with E-state index in [-0.39, 0.29) is 11.6 Å². The van der Waals surface area contributed by atoms with Gasteiger partial charge in [-0.25, -0.2) is 0 Å². The molecule has 4 heteroatoms. The largest absolute Gasteiger partial charge is 0.497 e. The molecule has 188 valence electrons. The van der Waals surface area contributed by atoms with Crippen LogP contribution in [0.15, 0.2) is 127 Å². The Morgan fingerprint density at radius 2 is 1.21 bits per heavy atom. The second-order valence-electron chi connectivity index (χ2n) is 9.22. The minimum atomic E-state index is -0.140. The van der Waals surface area contributed by atoms with Gasteiger partial charge in [-0.1, -0.05) is 91.0 Å². The van der Waals surface area contributed by atoms with Crippen molar-refractivity contribution in [3.8, 4) is 17.2 Å². The lowest BCUT2D eigenvalue weighted by molar-refractivity contribution is 0.102. The summed E-state index contributed by atoms with van der Waals surface area (Å²) in [5.41, 5.74) is 2.07. The Morgan fingerprint density at radius 3 is 1.92 bits per heavy atom. The number of carbonyl (C=O) groups excluding carboxylic acids is 2. The lowest BCUT2D eigenvalue weighted by Crippen LogP contribution is -2.05. The first-order valence-electron chi connectivity index (χ1n) is 12.6. The van der Waals surface area contributed by atoms with Crippen molar-refractivity contribution in [1.82, 2.24) is 0 Å². The van der Waals surface area contributed by atoms with Crippen molar-refractivity contribution >= 4 is 33.1 Å².